The van der Waals surface area contributed by atoms with Gasteiger partial charge in [-0.3, -0.25) is 0 Å². The summed E-state index contributed by atoms with van der Waals surface area (Å²) in [5.74, 6) is -0.475. The second kappa shape index (κ2) is 5.76. The Morgan fingerprint density at radius 1 is 1.05 bits per heavy atom. The van der Waals surface area contributed by atoms with E-state index < -0.39 is 15.1 Å². The van der Waals surface area contributed by atoms with Crippen LogP contribution in [0, 0.1) is 5.92 Å². The summed E-state index contributed by atoms with van der Waals surface area (Å²) in [6.07, 6.45) is 0. The van der Waals surface area contributed by atoms with Gasteiger partial charge in [-0.1, -0.05) is 58.5 Å². The van der Waals surface area contributed by atoms with Gasteiger partial charge >= 0.3 is 0 Å². The first-order valence-electron chi connectivity index (χ1n) is 6.76. The van der Waals surface area contributed by atoms with Crippen molar-refractivity contribution in [1.82, 2.24) is 0 Å². The Hall–Kier alpha value is -1.24. The Balaban J connectivity index is 1.99. The van der Waals surface area contributed by atoms with Crippen LogP contribution < -0.4 is 5.73 Å². The average molecular weight is 396 g/mol. The molecule has 3 rings (SSSR count). The summed E-state index contributed by atoms with van der Waals surface area (Å²) >= 11 is 8.47. The SMILES string of the molecule is NC(=S)[C@H]1[C@H](c2ccc(Br)cc2)[C@@H]1S(=O)(=O)c1ccccc1. The standard InChI is InChI=1S/C16H14BrNO2S2/c17-11-8-6-10(7-9-11)13-14(16(18)21)15(13)22(19,20)12-4-2-1-3-5-12/h1-9,13-15H,(H2,18,21)/t13-,14-,15-/m0/s1. The third-order valence-corrected chi connectivity index (χ3v) is 7.00. The largest absolute Gasteiger partial charge is 0.393 e. The molecular formula is C16H14BrNO2S2. The quantitative estimate of drug-likeness (QED) is 0.806. The summed E-state index contributed by atoms with van der Waals surface area (Å²) in [5, 5.41) is -0.575. The van der Waals surface area contributed by atoms with E-state index in [1.54, 1.807) is 30.3 Å². The molecule has 2 aromatic carbocycles. The van der Waals surface area contributed by atoms with Gasteiger partial charge in [0.1, 0.15) is 0 Å². The second-order valence-corrected chi connectivity index (χ2v) is 8.82. The fourth-order valence-electron chi connectivity index (χ4n) is 2.86. The first-order chi connectivity index (χ1) is 10.4. The van der Waals surface area contributed by atoms with Crippen molar-refractivity contribution in [2.75, 3.05) is 0 Å². The third-order valence-electron chi connectivity index (χ3n) is 3.97. The molecule has 0 aliphatic heterocycles. The lowest BCUT2D eigenvalue weighted by atomic mass is 10.1. The predicted octanol–water partition coefficient (Wildman–Crippen LogP) is 3.29. The van der Waals surface area contributed by atoms with Crippen LogP contribution in [0.5, 0.6) is 0 Å². The minimum Gasteiger partial charge on any atom is -0.393 e. The fraction of sp³-hybridized carbons (Fsp3) is 0.188. The monoisotopic (exact) mass is 395 g/mol. The van der Waals surface area contributed by atoms with Gasteiger partial charge in [-0.2, -0.15) is 0 Å². The van der Waals surface area contributed by atoms with Gasteiger partial charge in [-0.25, -0.2) is 8.42 Å². The van der Waals surface area contributed by atoms with E-state index >= 15 is 0 Å². The van der Waals surface area contributed by atoms with Gasteiger partial charge in [0.25, 0.3) is 0 Å². The number of thiocarbonyl (C=S) groups is 1. The molecule has 114 valence electrons. The summed E-state index contributed by atoms with van der Waals surface area (Å²) < 4.78 is 26.6. The van der Waals surface area contributed by atoms with E-state index in [0.717, 1.165) is 10.0 Å². The van der Waals surface area contributed by atoms with Gasteiger partial charge in [-0.15, -0.1) is 0 Å². The summed E-state index contributed by atoms with van der Waals surface area (Å²) in [7, 11) is -3.45. The zero-order chi connectivity index (χ0) is 15.9. The molecule has 22 heavy (non-hydrogen) atoms. The molecule has 3 nitrogen and oxygen atoms in total. The smallest absolute Gasteiger partial charge is 0.182 e. The molecule has 0 bridgehead atoms. The zero-order valence-electron chi connectivity index (χ0n) is 11.5. The lowest BCUT2D eigenvalue weighted by molar-refractivity contribution is 0.593. The van der Waals surface area contributed by atoms with Gasteiger partial charge in [0, 0.05) is 16.3 Å². The van der Waals surface area contributed by atoms with Crippen LogP contribution in [0.25, 0.3) is 0 Å². The van der Waals surface area contributed by atoms with Crippen molar-refractivity contribution in [2.24, 2.45) is 11.7 Å². The van der Waals surface area contributed by atoms with Crippen LogP contribution >= 0.6 is 28.1 Å². The van der Waals surface area contributed by atoms with Crippen LogP contribution in [0.15, 0.2) is 64.0 Å². The second-order valence-electron chi connectivity index (χ2n) is 5.33. The highest BCUT2D eigenvalue weighted by atomic mass is 79.9. The number of sulfone groups is 1. The third kappa shape index (κ3) is 2.71. The molecule has 0 aromatic heterocycles. The molecule has 1 fully saturated rings. The van der Waals surface area contributed by atoms with Crippen LogP contribution in [0.3, 0.4) is 0 Å². The van der Waals surface area contributed by atoms with E-state index in [0.29, 0.717) is 4.90 Å². The molecule has 2 N–H and O–H groups in total. The molecule has 3 atom stereocenters. The predicted molar refractivity (Wildman–Crippen MR) is 94.6 cm³/mol. The van der Waals surface area contributed by atoms with Crippen molar-refractivity contribution in [3.8, 4) is 0 Å². The lowest BCUT2D eigenvalue weighted by Crippen LogP contribution is -2.17. The molecule has 0 radical (unpaired) electrons. The molecule has 0 amide bonds. The molecule has 1 aliphatic carbocycles. The van der Waals surface area contributed by atoms with E-state index in [2.05, 4.69) is 15.9 Å². The molecule has 0 heterocycles. The zero-order valence-corrected chi connectivity index (χ0v) is 14.7. The minimum absolute atomic E-state index is 0.171. The van der Waals surface area contributed by atoms with Crippen LogP contribution in [0.1, 0.15) is 11.5 Å². The van der Waals surface area contributed by atoms with Gasteiger partial charge < -0.3 is 5.73 Å². The fourth-order valence-corrected chi connectivity index (χ4v) is 5.68. The summed E-state index contributed by atoms with van der Waals surface area (Å²) in [6.45, 7) is 0. The van der Waals surface area contributed by atoms with Crippen molar-refractivity contribution >= 4 is 43.0 Å². The molecule has 2 aromatic rings. The number of benzene rings is 2. The normalized spacial score (nSPS) is 24.0. The van der Waals surface area contributed by atoms with Crippen molar-refractivity contribution in [3.05, 3.63) is 64.6 Å². The Morgan fingerprint density at radius 3 is 2.18 bits per heavy atom. The van der Waals surface area contributed by atoms with Crippen LogP contribution in [-0.4, -0.2) is 18.7 Å². The molecule has 0 saturated heterocycles. The topological polar surface area (TPSA) is 60.2 Å². The number of rotatable bonds is 4. The van der Waals surface area contributed by atoms with Crippen LogP contribution in [0.4, 0.5) is 0 Å². The highest BCUT2D eigenvalue weighted by molar-refractivity contribution is 9.10. The Bertz CT molecular complexity index is 804. The maximum Gasteiger partial charge on any atom is 0.182 e. The van der Waals surface area contributed by atoms with Gasteiger partial charge in [0.05, 0.1) is 15.1 Å². The summed E-state index contributed by atoms with van der Waals surface area (Å²) in [5.41, 5.74) is 6.73. The first-order valence-corrected chi connectivity index (χ1v) is 9.51. The first kappa shape index (κ1) is 15.6. The minimum atomic E-state index is -3.45. The Kier molecular flexibility index (Phi) is 4.09. The summed E-state index contributed by atoms with van der Waals surface area (Å²) in [4.78, 5) is 0.582. The van der Waals surface area contributed by atoms with Crippen molar-refractivity contribution in [3.63, 3.8) is 0 Å². The molecule has 6 heteroatoms. The molecule has 1 aliphatic rings. The van der Waals surface area contributed by atoms with E-state index in [4.69, 9.17) is 18.0 Å². The van der Waals surface area contributed by atoms with Crippen molar-refractivity contribution in [2.45, 2.75) is 16.1 Å². The van der Waals surface area contributed by atoms with Crippen LogP contribution in [0.2, 0.25) is 0 Å². The highest BCUT2D eigenvalue weighted by Crippen LogP contribution is 2.54. The summed E-state index contributed by atoms with van der Waals surface area (Å²) in [6, 6.07) is 16.1. The maximum absolute atomic E-state index is 12.8. The number of halogens is 1. The Morgan fingerprint density at radius 2 is 1.64 bits per heavy atom. The molecule has 1 saturated carbocycles. The molecule has 0 spiro atoms. The maximum atomic E-state index is 12.8. The number of hydrogen-bond donors (Lipinski definition) is 1. The number of nitrogens with two attached hydrogens (primary N) is 1. The van der Waals surface area contributed by atoms with Gasteiger partial charge in [0.15, 0.2) is 9.84 Å². The molecular weight excluding hydrogens is 382 g/mol. The van der Waals surface area contributed by atoms with E-state index in [-0.39, 0.29) is 16.8 Å². The van der Waals surface area contributed by atoms with E-state index in [9.17, 15) is 8.42 Å². The van der Waals surface area contributed by atoms with Gasteiger partial charge in [0.2, 0.25) is 0 Å². The molecule has 0 unspecified atom stereocenters. The van der Waals surface area contributed by atoms with E-state index in [1.807, 2.05) is 24.3 Å². The van der Waals surface area contributed by atoms with Crippen LogP contribution in [-0.2, 0) is 9.84 Å². The lowest BCUT2D eigenvalue weighted by Gasteiger charge is -2.04. The van der Waals surface area contributed by atoms with Crippen molar-refractivity contribution in [1.29, 1.82) is 0 Å². The van der Waals surface area contributed by atoms with Crippen molar-refractivity contribution < 1.29 is 8.42 Å². The average Bonchev–Trinajstić information content (AvgIpc) is 3.25. The van der Waals surface area contributed by atoms with E-state index in [1.165, 1.54) is 0 Å². The highest BCUT2D eigenvalue weighted by Gasteiger charge is 2.60. The number of hydrogen-bond acceptors (Lipinski definition) is 3. The van der Waals surface area contributed by atoms with Gasteiger partial charge in [-0.05, 0) is 29.8 Å². The Labute approximate surface area is 143 Å².